The maximum atomic E-state index is 11.5. The molecule has 0 amide bonds. The largest absolute Gasteiger partial charge is 0.480 e. The summed E-state index contributed by atoms with van der Waals surface area (Å²) in [6.45, 7) is 0. The first-order valence-corrected chi connectivity index (χ1v) is 6.17. The molecule has 1 aromatic rings. The molecule has 0 bridgehead atoms. The quantitative estimate of drug-likeness (QED) is 0.595. The molecule has 1 atom stereocenters. The van der Waals surface area contributed by atoms with E-state index in [9.17, 15) is 13.2 Å². The van der Waals surface area contributed by atoms with Crippen LogP contribution in [0.1, 0.15) is 5.69 Å². The van der Waals surface area contributed by atoms with E-state index in [0.29, 0.717) is 5.69 Å². The Hall–Kier alpha value is -1.45. The molecule has 0 aliphatic rings. The van der Waals surface area contributed by atoms with Crippen molar-refractivity contribution in [1.29, 1.82) is 0 Å². The van der Waals surface area contributed by atoms with Crippen LogP contribution in [0.25, 0.3) is 0 Å². The van der Waals surface area contributed by atoms with Crippen LogP contribution in [-0.4, -0.2) is 53.9 Å². The van der Waals surface area contributed by atoms with E-state index in [0.717, 1.165) is 4.31 Å². The van der Waals surface area contributed by atoms with Crippen molar-refractivity contribution in [1.82, 2.24) is 19.0 Å². The van der Waals surface area contributed by atoms with Crippen molar-refractivity contribution in [3.8, 4) is 0 Å². The number of hydrogen-bond acceptors (Lipinski definition) is 4. The predicted octanol–water partition coefficient (Wildman–Crippen LogP) is -1.20. The first kappa shape index (κ1) is 13.6. The van der Waals surface area contributed by atoms with Gasteiger partial charge in [-0.2, -0.15) is 17.4 Å². The number of carbonyl (C=O) groups is 1. The van der Waals surface area contributed by atoms with Crippen LogP contribution >= 0.6 is 0 Å². The molecule has 0 aromatic carbocycles. The Kier molecular flexibility index (Phi) is 4.21. The topological polar surface area (TPSA) is 115 Å². The lowest BCUT2D eigenvalue weighted by atomic mass is 10.2. The average Bonchev–Trinajstić information content (AvgIpc) is 2.68. The molecule has 9 heteroatoms. The molecule has 96 valence electrons. The van der Waals surface area contributed by atoms with Crippen LogP contribution in [0.4, 0.5) is 0 Å². The summed E-state index contributed by atoms with van der Waals surface area (Å²) in [6, 6.07) is -1.23. The number of carboxylic acids is 1. The minimum atomic E-state index is -3.78. The molecule has 1 aromatic heterocycles. The van der Waals surface area contributed by atoms with Crippen molar-refractivity contribution in [3.63, 3.8) is 0 Å². The Morgan fingerprint density at radius 3 is 2.71 bits per heavy atom. The van der Waals surface area contributed by atoms with Gasteiger partial charge >= 0.3 is 5.97 Å². The minimum absolute atomic E-state index is 0.00238. The molecule has 17 heavy (non-hydrogen) atoms. The van der Waals surface area contributed by atoms with Gasteiger partial charge in [0.2, 0.25) is 0 Å². The fourth-order valence-electron chi connectivity index (χ4n) is 1.08. The van der Waals surface area contributed by atoms with E-state index in [1.54, 1.807) is 0 Å². The zero-order chi connectivity index (χ0) is 13.1. The highest BCUT2D eigenvalue weighted by atomic mass is 32.2. The second-order valence-electron chi connectivity index (χ2n) is 3.58. The van der Waals surface area contributed by atoms with E-state index in [-0.39, 0.29) is 6.42 Å². The number of rotatable bonds is 6. The van der Waals surface area contributed by atoms with Crippen LogP contribution in [0, 0.1) is 0 Å². The Bertz CT molecular complexity index is 468. The van der Waals surface area contributed by atoms with Crippen molar-refractivity contribution in [2.45, 2.75) is 12.5 Å². The molecule has 1 unspecified atom stereocenters. The lowest BCUT2D eigenvalue weighted by molar-refractivity contribution is -0.138. The minimum Gasteiger partial charge on any atom is -0.480 e. The molecular weight excluding hydrogens is 248 g/mol. The summed E-state index contributed by atoms with van der Waals surface area (Å²) in [4.78, 5) is 17.4. The molecule has 0 radical (unpaired) electrons. The third-order valence-electron chi connectivity index (χ3n) is 2.05. The van der Waals surface area contributed by atoms with Crippen molar-refractivity contribution in [2.24, 2.45) is 0 Å². The number of nitrogens with zero attached hydrogens (tertiary/aromatic N) is 2. The molecule has 1 heterocycles. The van der Waals surface area contributed by atoms with E-state index < -0.39 is 22.2 Å². The number of hydrogen-bond donors (Lipinski definition) is 3. The van der Waals surface area contributed by atoms with Gasteiger partial charge in [0, 0.05) is 32.4 Å². The van der Waals surface area contributed by atoms with E-state index in [1.165, 1.54) is 26.6 Å². The van der Waals surface area contributed by atoms with Crippen LogP contribution in [-0.2, 0) is 21.4 Å². The molecule has 0 spiro atoms. The fraction of sp³-hybridized carbons (Fsp3) is 0.500. The number of H-pyrrole nitrogens is 1. The zero-order valence-corrected chi connectivity index (χ0v) is 10.2. The average molecular weight is 262 g/mol. The smallest absolute Gasteiger partial charge is 0.322 e. The number of nitrogens with one attached hydrogen (secondary N) is 2. The fourth-order valence-corrected chi connectivity index (χ4v) is 1.84. The second kappa shape index (κ2) is 5.25. The Morgan fingerprint density at radius 1 is 1.65 bits per heavy atom. The van der Waals surface area contributed by atoms with Gasteiger partial charge < -0.3 is 10.1 Å². The molecule has 8 nitrogen and oxygen atoms in total. The van der Waals surface area contributed by atoms with Gasteiger partial charge in [-0.15, -0.1) is 0 Å². The van der Waals surface area contributed by atoms with E-state index in [1.807, 2.05) is 0 Å². The molecule has 3 N–H and O–H groups in total. The highest BCUT2D eigenvalue weighted by Gasteiger charge is 2.25. The van der Waals surface area contributed by atoms with Gasteiger partial charge in [-0.1, -0.05) is 0 Å². The van der Waals surface area contributed by atoms with Crippen molar-refractivity contribution in [2.75, 3.05) is 14.1 Å². The van der Waals surface area contributed by atoms with Crippen LogP contribution < -0.4 is 4.72 Å². The zero-order valence-electron chi connectivity index (χ0n) is 9.41. The number of carboxylic acid groups (broad SMARTS) is 1. The normalized spacial score (nSPS) is 13.8. The Labute approximate surface area is 98.8 Å². The lowest BCUT2D eigenvalue weighted by Crippen LogP contribution is -2.47. The third-order valence-corrected chi connectivity index (χ3v) is 3.59. The summed E-state index contributed by atoms with van der Waals surface area (Å²) in [6.07, 6.45) is 2.84. The van der Waals surface area contributed by atoms with Crippen molar-refractivity contribution in [3.05, 3.63) is 18.2 Å². The summed E-state index contributed by atoms with van der Waals surface area (Å²) >= 11 is 0. The number of aromatic nitrogens is 2. The SMILES string of the molecule is CN(C)S(=O)(=O)NC(Cc1cnc[nH]1)C(=O)O. The number of imidazole rings is 1. The van der Waals surface area contributed by atoms with Crippen LogP contribution in [0.15, 0.2) is 12.5 Å². The van der Waals surface area contributed by atoms with Gasteiger partial charge in [-0.25, -0.2) is 4.98 Å². The van der Waals surface area contributed by atoms with Crippen molar-refractivity contribution >= 4 is 16.2 Å². The van der Waals surface area contributed by atoms with Crippen molar-refractivity contribution < 1.29 is 18.3 Å². The molecule has 0 aliphatic carbocycles. The van der Waals surface area contributed by atoms with Gasteiger partial charge in [-0.3, -0.25) is 4.79 Å². The summed E-state index contributed by atoms with van der Waals surface area (Å²) in [7, 11) is -1.14. The van der Waals surface area contributed by atoms with Gasteiger partial charge in [-0.05, 0) is 0 Å². The second-order valence-corrected chi connectivity index (χ2v) is 5.49. The monoisotopic (exact) mass is 262 g/mol. The number of aromatic amines is 1. The molecule has 1 rings (SSSR count). The van der Waals surface area contributed by atoms with E-state index in [2.05, 4.69) is 14.7 Å². The van der Waals surface area contributed by atoms with Crippen LogP contribution in [0.3, 0.4) is 0 Å². The van der Waals surface area contributed by atoms with Gasteiger partial charge in [0.1, 0.15) is 6.04 Å². The molecule has 0 saturated heterocycles. The Morgan fingerprint density at radius 2 is 2.29 bits per heavy atom. The van der Waals surface area contributed by atoms with Gasteiger partial charge in [0.15, 0.2) is 0 Å². The summed E-state index contributed by atoms with van der Waals surface area (Å²) in [5.74, 6) is -1.25. The Balaban J connectivity index is 2.78. The summed E-state index contributed by atoms with van der Waals surface area (Å²) in [5.41, 5.74) is 0.541. The highest BCUT2D eigenvalue weighted by molar-refractivity contribution is 7.87. The maximum absolute atomic E-state index is 11.5. The van der Waals surface area contributed by atoms with Gasteiger partial charge in [0.25, 0.3) is 10.2 Å². The first-order valence-electron chi connectivity index (χ1n) is 4.73. The third kappa shape index (κ3) is 3.80. The molecule has 0 fully saturated rings. The van der Waals surface area contributed by atoms with Crippen LogP contribution in [0.2, 0.25) is 0 Å². The molecule has 0 saturated carbocycles. The van der Waals surface area contributed by atoms with Gasteiger partial charge in [0.05, 0.1) is 6.33 Å². The highest BCUT2D eigenvalue weighted by Crippen LogP contribution is 2.01. The standard InChI is InChI=1S/C8H14N4O4S/c1-12(2)17(15,16)11-7(8(13)14)3-6-4-9-5-10-6/h4-5,7,11H,3H2,1-2H3,(H,9,10)(H,13,14). The summed E-state index contributed by atoms with van der Waals surface area (Å²) in [5, 5.41) is 8.94. The van der Waals surface area contributed by atoms with E-state index >= 15 is 0 Å². The first-order chi connectivity index (χ1) is 7.83. The van der Waals surface area contributed by atoms with E-state index in [4.69, 9.17) is 5.11 Å². The molecular formula is C8H14N4O4S. The van der Waals surface area contributed by atoms with Crippen LogP contribution in [0.5, 0.6) is 0 Å². The molecule has 0 aliphatic heterocycles. The number of aliphatic carboxylic acids is 1. The lowest BCUT2D eigenvalue weighted by Gasteiger charge is -2.17. The summed E-state index contributed by atoms with van der Waals surface area (Å²) < 4.78 is 26.0. The maximum Gasteiger partial charge on any atom is 0.322 e. The predicted molar refractivity (Wildman–Crippen MR) is 59.5 cm³/mol.